The molecule has 1 heterocycles. The third-order valence-corrected chi connectivity index (χ3v) is 1.32. The van der Waals surface area contributed by atoms with Crippen LogP contribution >= 0.6 is 0 Å². The molecule has 0 aliphatic carbocycles. The number of esters is 1. The Morgan fingerprint density at radius 3 is 3.17 bits per heavy atom. The van der Waals surface area contributed by atoms with E-state index in [2.05, 4.69) is 4.98 Å². The van der Waals surface area contributed by atoms with E-state index in [1.165, 1.54) is 6.08 Å². The highest BCUT2D eigenvalue weighted by atomic mass is 16.5. The lowest BCUT2D eigenvalue weighted by Crippen LogP contribution is -1.98. The molecular weight excluding hydrogens is 154 g/mol. The molecule has 0 aliphatic heterocycles. The van der Waals surface area contributed by atoms with Crippen LogP contribution in [0.1, 0.15) is 12.5 Å². The SMILES string of the molecule is CCOC(=O)/C=C/c1cc[nH]c1. The van der Waals surface area contributed by atoms with Gasteiger partial charge in [-0.1, -0.05) is 0 Å². The van der Waals surface area contributed by atoms with Crippen molar-refractivity contribution >= 4 is 12.0 Å². The van der Waals surface area contributed by atoms with Crippen molar-refractivity contribution in [3.8, 4) is 0 Å². The Hall–Kier alpha value is -1.51. The molecule has 1 rings (SSSR count). The van der Waals surface area contributed by atoms with Crippen LogP contribution in [0.5, 0.6) is 0 Å². The van der Waals surface area contributed by atoms with E-state index >= 15 is 0 Å². The average molecular weight is 165 g/mol. The van der Waals surface area contributed by atoms with E-state index in [-0.39, 0.29) is 5.97 Å². The summed E-state index contributed by atoms with van der Waals surface area (Å²) in [6.07, 6.45) is 6.71. The highest BCUT2D eigenvalue weighted by Gasteiger charge is 1.92. The number of carbonyl (C=O) groups excluding carboxylic acids is 1. The first kappa shape index (κ1) is 8.59. The van der Waals surface area contributed by atoms with Gasteiger partial charge < -0.3 is 9.72 Å². The molecule has 0 atom stereocenters. The van der Waals surface area contributed by atoms with Gasteiger partial charge in [0.05, 0.1) is 6.61 Å². The highest BCUT2D eigenvalue weighted by Crippen LogP contribution is 1.99. The molecule has 0 saturated heterocycles. The summed E-state index contributed by atoms with van der Waals surface area (Å²) in [5.41, 5.74) is 0.961. The molecule has 3 heteroatoms. The molecule has 0 aromatic carbocycles. The first-order valence-corrected chi connectivity index (χ1v) is 3.80. The van der Waals surface area contributed by atoms with E-state index in [4.69, 9.17) is 4.74 Å². The minimum absolute atomic E-state index is 0.307. The van der Waals surface area contributed by atoms with E-state index < -0.39 is 0 Å². The second-order valence-corrected chi connectivity index (χ2v) is 2.23. The van der Waals surface area contributed by atoms with Gasteiger partial charge in [0.15, 0.2) is 0 Å². The van der Waals surface area contributed by atoms with Gasteiger partial charge in [-0.05, 0) is 24.6 Å². The van der Waals surface area contributed by atoms with Gasteiger partial charge in [-0.25, -0.2) is 4.79 Å². The zero-order valence-electron chi connectivity index (χ0n) is 6.91. The molecule has 1 aromatic heterocycles. The van der Waals surface area contributed by atoms with E-state index in [1.54, 1.807) is 25.4 Å². The van der Waals surface area contributed by atoms with Crippen LogP contribution in [0.15, 0.2) is 24.5 Å². The highest BCUT2D eigenvalue weighted by molar-refractivity contribution is 5.86. The molecule has 0 saturated carbocycles. The van der Waals surface area contributed by atoms with Crippen LogP contribution in [-0.2, 0) is 9.53 Å². The molecule has 0 radical (unpaired) electrons. The van der Waals surface area contributed by atoms with E-state index in [0.29, 0.717) is 6.61 Å². The van der Waals surface area contributed by atoms with Crippen molar-refractivity contribution in [3.63, 3.8) is 0 Å². The first-order valence-electron chi connectivity index (χ1n) is 3.80. The van der Waals surface area contributed by atoms with Crippen molar-refractivity contribution in [1.29, 1.82) is 0 Å². The van der Waals surface area contributed by atoms with Gasteiger partial charge in [-0.3, -0.25) is 0 Å². The number of aromatic amines is 1. The number of hydrogen-bond donors (Lipinski definition) is 1. The molecule has 1 aromatic rings. The summed E-state index contributed by atoms with van der Waals surface area (Å²) in [6.45, 7) is 2.19. The summed E-state index contributed by atoms with van der Waals surface area (Å²) in [5, 5.41) is 0. The third kappa shape index (κ3) is 2.62. The van der Waals surface area contributed by atoms with Crippen molar-refractivity contribution in [2.45, 2.75) is 6.92 Å². The number of carbonyl (C=O) groups is 1. The Morgan fingerprint density at radius 2 is 2.58 bits per heavy atom. The Kier molecular flexibility index (Phi) is 3.14. The Balaban J connectivity index is 2.45. The number of aromatic nitrogens is 1. The van der Waals surface area contributed by atoms with Crippen LogP contribution in [0.3, 0.4) is 0 Å². The van der Waals surface area contributed by atoms with Gasteiger partial charge in [-0.2, -0.15) is 0 Å². The molecule has 0 spiro atoms. The maximum absolute atomic E-state index is 10.8. The Labute approximate surface area is 71.1 Å². The van der Waals surface area contributed by atoms with Crippen LogP contribution in [0, 0.1) is 0 Å². The van der Waals surface area contributed by atoms with Crippen LogP contribution < -0.4 is 0 Å². The van der Waals surface area contributed by atoms with Crippen molar-refractivity contribution in [2.24, 2.45) is 0 Å². The topological polar surface area (TPSA) is 42.1 Å². The number of ether oxygens (including phenoxy) is 1. The lowest BCUT2D eigenvalue weighted by atomic mass is 10.3. The maximum atomic E-state index is 10.8. The van der Waals surface area contributed by atoms with Gasteiger partial charge >= 0.3 is 5.97 Å². The smallest absolute Gasteiger partial charge is 0.330 e. The summed E-state index contributed by atoms with van der Waals surface area (Å²) < 4.78 is 4.70. The molecule has 1 N–H and O–H groups in total. The molecule has 0 fully saturated rings. The minimum Gasteiger partial charge on any atom is -0.463 e. The average Bonchev–Trinajstić information content (AvgIpc) is 2.53. The normalized spacial score (nSPS) is 10.4. The van der Waals surface area contributed by atoms with Crippen molar-refractivity contribution < 1.29 is 9.53 Å². The molecule has 0 bridgehead atoms. The minimum atomic E-state index is -0.307. The van der Waals surface area contributed by atoms with Gasteiger partial charge in [0.25, 0.3) is 0 Å². The second kappa shape index (κ2) is 4.38. The largest absolute Gasteiger partial charge is 0.463 e. The Bertz CT molecular complexity index is 262. The summed E-state index contributed by atoms with van der Waals surface area (Å²) in [6, 6.07) is 1.87. The lowest BCUT2D eigenvalue weighted by Gasteiger charge is -1.93. The van der Waals surface area contributed by atoms with Crippen molar-refractivity contribution in [1.82, 2.24) is 4.98 Å². The zero-order chi connectivity index (χ0) is 8.81. The van der Waals surface area contributed by atoms with Gasteiger partial charge in [0.2, 0.25) is 0 Å². The molecule has 0 amide bonds. The molecule has 12 heavy (non-hydrogen) atoms. The second-order valence-electron chi connectivity index (χ2n) is 2.23. The van der Waals surface area contributed by atoms with Crippen LogP contribution in [0.2, 0.25) is 0 Å². The van der Waals surface area contributed by atoms with Gasteiger partial charge in [0, 0.05) is 18.5 Å². The summed E-state index contributed by atoms with van der Waals surface area (Å²) in [4.78, 5) is 13.7. The van der Waals surface area contributed by atoms with Crippen LogP contribution in [-0.4, -0.2) is 17.6 Å². The summed E-state index contributed by atoms with van der Waals surface area (Å²) in [7, 11) is 0. The fourth-order valence-electron chi connectivity index (χ4n) is 0.795. The molecule has 3 nitrogen and oxygen atoms in total. The quantitative estimate of drug-likeness (QED) is 0.546. The van der Waals surface area contributed by atoms with E-state index in [1.807, 2.05) is 6.07 Å². The fourth-order valence-corrected chi connectivity index (χ4v) is 0.795. The Morgan fingerprint density at radius 1 is 1.75 bits per heavy atom. The van der Waals surface area contributed by atoms with Gasteiger partial charge in [-0.15, -0.1) is 0 Å². The molecule has 0 unspecified atom stereocenters. The molecule has 64 valence electrons. The van der Waals surface area contributed by atoms with Crippen LogP contribution in [0.25, 0.3) is 6.08 Å². The maximum Gasteiger partial charge on any atom is 0.330 e. The molecular formula is C9H11NO2. The third-order valence-electron chi connectivity index (χ3n) is 1.32. The number of nitrogens with one attached hydrogen (secondary N) is 1. The lowest BCUT2D eigenvalue weighted by molar-refractivity contribution is -0.137. The van der Waals surface area contributed by atoms with Crippen molar-refractivity contribution in [2.75, 3.05) is 6.61 Å². The van der Waals surface area contributed by atoms with Crippen LogP contribution in [0.4, 0.5) is 0 Å². The van der Waals surface area contributed by atoms with E-state index in [9.17, 15) is 4.79 Å². The molecule has 0 aliphatic rings. The summed E-state index contributed by atoms with van der Waals surface area (Å²) in [5.74, 6) is -0.307. The van der Waals surface area contributed by atoms with Gasteiger partial charge in [0.1, 0.15) is 0 Å². The predicted octanol–water partition coefficient (Wildman–Crippen LogP) is 1.59. The number of rotatable bonds is 3. The predicted molar refractivity (Wildman–Crippen MR) is 46.5 cm³/mol. The summed E-state index contributed by atoms with van der Waals surface area (Å²) >= 11 is 0. The first-order chi connectivity index (χ1) is 5.83. The monoisotopic (exact) mass is 165 g/mol. The van der Waals surface area contributed by atoms with Crippen molar-refractivity contribution in [3.05, 3.63) is 30.1 Å². The number of hydrogen-bond acceptors (Lipinski definition) is 2. The fraction of sp³-hybridized carbons (Fsp3) is 0.222. The zero-order valence-corrected chi connectivity index (χ0v) is 6.91. The number of H-pyrrole nitrogens is 1. The standard InChI is InChI=1S/C9H11NO2/c1-2-12-9(11)4-3-8-5-6-10-7-8/h3-7,10H,2H2,1H3/b4-3+. The van der Waals surface area contributed by atoms with E-state index in [0.717, 1.165) is 5.56 Å².